The molecule has 0 amide bonds. The van der Waals surface area contributed by atoms with E-state index in [-0.39, 0.29) is 11.7 Å². The van der Waals surface area contributed by atoms with Crippen LogP contribution in [-0.4, -0.2) is 35.2 Å². The van der Waals surface area contributed by atoms with Crippen LogP contribution in [0.3, 0.4) is 0 Å². The van der Waals surface area contributed by atoms with E-state index in [2.05, 4.69) is 15.0 Å². The van der Waals surface area contributed by atoms with Crippen LogP contribution in [0.25, 0.3) is 11.4 Å². The lowest BCUT2D eigenvalue weighted by Gasteiger charge is -2.15. The second-order valence-electron chi connectivity index (χ2n) is 6.50. The number of benzene rings is 2. The van der Waals surface area contributed by atoms with Gasteiger partial charge in [-0.2, -0.15) is 4.98 Å². The molecule has 0 unspecified atom stereocenters. The second-order valence-corrected chi connectivity index (χ2v) is 6.50. The lowest BCUT2D eigenvalue weighted by molar-refractivity contribution is 0.305. The van der Waals surface area contributed by atoms with Gasteiger partial charge in [-0.05, 0) is 43.3 Å². The molecule has 1 atom stereocenters. The summed E-state index contributed by atoms with van der Waals surface area (Å²) in [5.74, 6) is 2.04. The number of nitrogens with zero attached hydrogens (tertiary/aromatic N) is 3. The maximum absolute atomic E-state index is 13.8. The summed E-state index contributed by atoms with van der Waals surface area (Å²) in [6.45, 7) is 2.28. The summed E-state index contributed by atoms with van der Waals surface area (Å²) in [5.41, 5.74) is 1.61. The van der Waals surface area contributed by atoms with Crippen molar-refractivity contribution in [1.82, 2.24) is 15.0 Å². The van der Waals surface area contributed by atoms with Gasteiger partial charge in [0.1, 0.15) is 11.6 Å². The van der Waals surface area contributed by atoms with Crippen molar-refractivity contribution in [2.24, 2.45) is 0 Å². The number of ether oxygens (including phenoxy) is 1. The third kappa shape index (κ3) is 3.46. The molecule has 2 aromatic carbocycles. The van der Waals surface area contributed by atoms with Gasteiger partial charge in [0.15, 0.2) is 0 Å². The Bertz CT molecular complexity index is 879. The highest BCUT2D eigenvalue weighted by Gasteiger charge is 2.29. The SMILES string of the molecule is COc1ccc(-c2noc([C@H]3CCN(Cc4ccccc4F)C3)n2)cc1. The van der Waals surface area contributed by atoms with Gasteiger partial charge >= 0.3 is 0 Å². The number of aromatic nitrogens is 2. The Labute approximate surface area is 151 Å². The first-order valence-corrected chi connectivity index (χ1v) is 8.66. The lowest BCUT2D eigenvalue weighted by Crippen LogP contribution is -2.20. The van der Waals surface area contributed by atoms with Gasteiger partial charge in [-0.3, -0.25) is 4.90 Å². The molecule has 4 rings (SSSR count). The summed E-state index contributed by atoms with van der Waals surface area (Å²) >= 11 is 0. The van der Waals surface area contributed by atoms with Crippen LogP contribution in [0.4, 0.5) is 4.39 Å². The zero-order valence-corrected chi connectivity index (χ0v) is 14.6. The Kier molecular flexibility index (Phi) is 4.67. The summed E-state index contributed by atoms with van der Waals surface area (Å²) in [4.78, 5) is 6.78. The number of methoxy groups -OCH3 is 1. The van der Waals surface area contributed by atoms with E-state index in [9.17, 15) is 4.39 Å². The Morgan fingerprint density at radius 2 is 2.00 bits per heavy atom. The van der Waals surface area contributed by atoms with Crippen LogP contribution in [-0.2, 0) is 6.54 Å². The minimum absolute atomic E-state index is 0.157. The molecular weight excluding hydrogens is 333 g/mol. The number of likely N-dealkylation sites (tertiary alicyclic amines) is 1. The normalized spacial score (nSPS) is 17.5. The van der Waals surface area contributed by atoms with Gasteiger partial charge in [-0.25, -0.2) is 4.39 Å². The van der Waals surface area contributed by atoms with Crippen LogP contribution >= 0.6 is 0 Å². The van der Waals surface area contributed by atoms with Gasteiger partial charge in [-0.1, -0.05) is 23.4 Å². The summed E-state index contributed by atoms with van der Waals surface area (Å²) in [5, 5.41) is 4.10. The lowest BCUT2D eigenvalue weighted by atomic mass is 10.1. The fraction of sp³-hybridized carbons (Fsp3) is 0.300. The Hall–Kier alpha value is -2.73. The highest BCUT2D eigenvalue weighted by Crippen LogP contribution is 2.29. The highest BCUT2D eigenvalue weighted by molar-refractivity contribution is 5.55. The molecule has 0 aliphatic carbocycles. The van der Waals surface area contributed by atoms with Crippen molar-refractivity contribution in [1.29, 1.82) is 0 Å². The number of rotatable bonds is 5. The van der Waals surface area contributed by atoms with Gasteiger partial charge in [0.05, 0.1) is 13.0 Å². The average Bonchev–Trinajstić information content (AvgIpc) is 3.33. The molecule has 1 aromatic heterocycles. The first-order valence-electron chi connectivity index (χ1n) is 8.66. The fourth-order valence-electron chi connectivity index (χ4n) is 3.30. The van der Waals surface area contributed by atoms with Crippen molar-refractivity contribution in [3.05, 3.63) is 65.8 Å². The number of hydrogen-bond donors (Lipinski definition) is 0. The van der Waals surface area contributed by atoms with Gasteiger partial charge in [0, 0.05) is 24.2 Å². The van der Waals surface area contributed by atoms with Crippen molar-refractivity contribution in [2.75, 3.05) is 20.2 Å². The molecule has 0 radical (unpaired) electrons. The monoisotopic (exact) mass is 353 g/mol. The Balaban J connectivity index is 1.43. The molecule has 0 N–H and O–H groups in total. The van der Waals surface area contributed by atoms with Crippen molar-refractivity contribution >= 4 is 0 Å². The topological polar surface area (TPSA) is 51.4 Å². The molecule has 0 saturated carbocycles. The molecule has 26 heavy (non-hydrogen) atoms. The summed E-state index contributed by atoms with van der Waals surface area (Å²) < 4.78 is 24.5. The molecule has 2 heterocycles. The molecule has 1 aliphatic heterocycles. The van der Waals surface area contributed by atoms with Crippen LogP contribution in [0.5, 0.6) is 5.75 Å². The van der Waals surface area contributed by atoms with Crippen molar-refractivity contribution in [2.45, 2.75) is 18.9 Å². The predicted molar refractivity (Wildman–Crippen MR) is 95.3 cm³/mol. The highest BCUT2D eigenvalue weighted by atomic mass is 19.1. The van der Waals surface area contributed by atoms with E-state index in [0.29, 0.717) is 18.3 Å². The minimum Gasteiger partial charge on any atom is -0.497 e. The van der Waals surface area contributed by atoms with Gasteiger partial charge in [-0.15, -0.1) is 0 Å². The fourth-order valence-corrected chi connectivity index (χ4v) is 3.30. The molecular formula is C20H20FN3O2. The quantitative estimate of drug-likeness (QED) is 0.697. The first-order chi connectivity index (χ1) is 12.7. The van der Waals surface area contributed by atoms with Gasteiger partial charge < -0.3 is 9.26 Å². The van der Waals surface area contributed by atoms with Crippen LogP contribution < -0.4 is 4.74 Å². The molecule has 0 bridgehead atoms. The zero-order valence-electron chi connectivity index (χ0n) is 14.6. The first kappa shape index (κ1) is 16.7. The Morgan fingerprint density at radius 1 is 1.19 bits per heavy atom. The van der Waals surface area contributed by atoms with Crippen LogP contribution in [0.15, 0.2) is 53.1 Å². The maximum atomic E-state index is 13.8. The van der Waals surface area contributed by atoms with Gasteiger partial charge in [0.25, 0.3) is 0 Å². The molecule has 1 aliphatic rings. The molecule has 0 spiro atoms. The van der Waals surface area contributed by atoms with E-state index in [4.69, 9.17) is 9.26 Å². The van der Waals surface area contributed by atoms with E-state index >= 15 is 0 Å². The smallest absolute Gasteiger partial charge is 0.231 e. The summed E-state index contributed by atoms with van der Waals surface area (Å²) in [6.07, 6.45) is 0.929. The number of hydrogen-bond acceptors (Lipinski definition) is 5. The molecule has 1 saturated heterocycles. The van der Waals surface area contributed by atoms with Crippen LogP contribution in [0, 0.1) is 5.82 Å². The van der Waals surface area contributed by atoms with Crippen molar-refractivity contribution in [3.63, 3.8) is 0 Å². The van der Waals surface area contributed by atoms with Crippen LogP contribution in [0.1, 0.15) is 23.8 Å². The minimum atomic E-state index is -0.157. The molecule has 134 valence electrons. The molecule has 5 nitrogen and oxygen atoms in total. The van der Waals surface area contributed by atoms with E-state index in [1.54, 1.807) is 13.2 Å². The molecule has 3 aromatic rings. The van der Waals surface area contributed by atoms with Crippen molar-refractivity contribution in [3.8, 4) is 17.1 Å². The Morgan fingerprint density at radius 3 is 2.77 bits per heavy atom. The maximum Gasteiger partial charge on any atom is 0.231 e. The van der Waals surface area contributed by atoms with E-state index in [0.717, 1.165) is 36.4 Å². The molecule has 1 fully saturated rings. The van der Waals surface area contributed by atoms with E-state index in [1.807, 2.05) is 36.4 Å². The van der Waals surface area contributed by atoms with E-state index < -0.39 is 0 Å². The average molecular weight is 353 g/mol. The largest absolute Gasteiger partial charge is 0.497 e. The second kappa shape index (κ2) is 7.25. The number of halogens is 1. The van der Waals surface area contributed by atoms with Gasteiger partial charge in [0.2, 0.25) is 11.7 Å². The summed E-state index contributed by atoms with van der Waals surface area (Å²) in [6, 6.07) is 14.5. The predicted octanol–water partition coefficient (Wildman–Crippen LogP) is 3.87. The standard InChI is InChI=1S/C20H20FN3O2/c1-25-17-8-6-14(7-9-17)19-22-20(26-23-19)16-10-11-24(13-16)12-15-4-2-3-5-18(15)21/h2-9,16H,10-13H2,1H3/t16-/m0/s1. The third-order valence-electron chi connectivity index (χ3n) is 4.76. The van der Waals surface area contributed by atoms with Crippen LogP contribution in [0.2, 0.25) is 0 Å². The van der Waals surface area contributed by atoms with Crippen molar-refractivity contribution < 1.29 is 13.7 Å². The summed E-state index contributed by atoms with van der Waals surface area (Å²) in [7, 11) is 1.63. The third-order valence-corrected chi connectivity index (χ3v) is 4.76. The van der Waals surface area contributed by atoms with E-state index in [1.165, 1.54) is 6.07 Å². The zero-order chi connectivity index (χ0) is 17.9. The molecule has 6 heteroatoms.